The monoisotopic (exact) mass is 1060 g/mol. The minimum atomic E-state index is -1.80. The standard InChI is InChI=1S/C61H109NO13/c1-3-5-7-9-11-13-15-17-19-21-22-23-24-25-26-27-28-29-30-32-34-36-38-40-42-44-50(65)49(62-53(66)45-43-41-39-37-35-33-31-20-18-16-14-12-10-8-6-4-2)48-72-60-58(71)56(69)59(52(47-64)74-60)75-61-57(70)55(68)54(67)51(46-63)73-61/h14,16,20,28-29,31,34,36,42,44,49-52,54-61,63-65,67-71H,3-13,15,17-19,21-27,30,32-33,35,37-41,43,45-48H2,1-2H3,(H,62,66)/b16-14-,29-28+,31-20-,36-34+,44-42+. The smallest absolute Gasteiger partial charge is 0.220 e. The van der Waals surface area contributed by atoms with E-state index in [2.05, 4.69) is 67.8 Å². The van der Waals surface area contributed by atoms with Crippen molar-refractivity contribution in [3.8, 4) is 0 Å². The normalized spacial score (nSPS) is 25.5. The van der Waals surface area contributed by atoms with E-state index in [9.17, 15) is 45.6 Å². The zero-order valence-corrected chi connectivity index (χ0v) is 46.8. The summed E-state index contributed by atoms with van der Waals surface area (Å²) in [6.07, 6.45) is 42.7. The maximum atomic E-state index is 13.2. The lowest BCUT2D eigenvalue weighted by molar-refractivity contribution is -0.359. The number of hydrogen-bond acceptors (Lipinski definition) is 13. The molecule has 436 valence electrons. The topological polar surface area (TPSA) is 228 Å². The molecule has 0 aromatic heterocycles. The van der Waals surface area contributed by atoms with E-state index in [0.717, 1.165) is 70.6 Å². The molecule has 0 aromatic rings. The molecule has 9 N–H and O–H groups in total. The summed E-state index contributed by atoms with van der Waals surface area (Å²) in [6.45, 7) is 2.75. The summed E-state index contributed by atoms with van der Waals surface area (Å²) in [5, 5.41) is 87.0. The molecule has 2 heterocycles. The number of rotatable bonds is 47. The van der Waals surface area contributed by atoms with Crippen LogP contribution >= 0.6 is 0 Å². The molecule has 2 rings (SSSR count). The molecule has 75 heavy (non-hydrogen) atoms. The molecule has 1 amide bonds. The van der Waals surface area contributed by atoms with Crippen molar-refractivity contribution in [2.45, 2.75) is 299 Å². The van der Waals surface area contributed by atoms with Gasteiger partial charge in [0.05, 0.1) is 32.0 Å². The molecule has 12 unspecified atom stereocenters. The molecule has 14 nitrogen and oxygen atoms in total. The number of amides is 1. The van der Waals surface area contributed by atoms with Gasteiger partial charge >= 0.3 is 0 Å². The molecular formula is C61H109NO13. The number of carbonyl (C=O) groups is 1. The Morgan fingerprint density at radius 2 is 0.893 bits per heavy atom. The molecule has 12 atom stereocenters. The van der Waals surface area contributed by atoms with Crippen LogP contribution in [0.4, 0.5) is 0 Å². The first-order valence-electron chi connectivity index (χ1n) is 30.0. The van der Waals surface area contributed by atoms with Gasteiger partial charge in [0.15, 0.2) is 12.6 Å². The van der Waals surface area contributed by atoms with Crippen LogP contribution in [0.1, 0.15) is 226 Å². The van der Waals surface area contributed by atoms with Crippen LogP contribution in [-0.2, 0) is 23.7 Å². The maximum Gasteiger partial charge on any atom is 0.220 e. The summed E-state index contributed by atoms with van der Waals surface area (Å²) in [5.41, 5.74) is 0. The lowest BCUT2D eigenvalue weighted by Crippen LogP contribution is -2.65. The first-order valence-corrected chi connectivity index (χ1v) is 30.0. The zero-order chi connectivity index (χ0) is 54.6. The van der Waals surface area contributed by atoms with Crippen LogP contribution in [0.25, 0.3) is 0 Å². The minimum absolute atomic E-state index is 0.252. The minimum Gasteiger partial charge on any atom is -0.394 e. The van der Waals surface area contributed by atoms with Crippen molar-refractivity contribution >= 4 is 5.91 Å². The molecular weight excluding hydrogens is 955 g/mol. The third-order valence-electron chi connectivity index (χ3n) is 14.4. The van der Waals surface area contributed by atoms with E-state index in [1.165, 1.54) is 122 Å². The van der Waals surface area contributed by atoms with Gasteiger partial charge in [-0.2, -0.15) is 0 Å². The molecule has 0 aliphatic carbocycles. The molecule has 0 aromatic carbocycles. The second kappa shape index (κ2) is 46.6. The number of hydrogen-bond donors (Lipinski definition) is 9. The van der Waals surface area contributed by atoms with Gasteiger partial charge in [-0.25, -0.2) is 0 Å². The molecule has 2 aliphatic heterocycles. The lowest BCUT2D eigenvalue weighted by Gasteiger charge is -2.46. The van der Waals surface area contributed by atoms with Gasteiger partial charge in [-0.15, -0.1) is 0 Å². The molecule has 2 saturated heterocycles. The highest BCUT2D eigenvalue weighted by molar-refractivity contribution is 5.76. The molecule has 14 heteroatoms. The van der Waals surface area contributed by atoms with Crippen molar-refractivity contribution in [1.29, 1.82) is 0 Å². The van der Waals surface area contributed by atoms with Crippen molar-refractivity contribution in [3.63, 3.8) is 0 Å². The fourth-order valence-corrected chi connectivity index (χ4v) is 9.53. The Bertz CT molecular complexity index is 1490. The van der Waals surface area contributed by atoms with Crippen molar-refractivity contribution in [1.82, 2.24) is 5.32 Å². The Balaban J connectivity index is 1.79. The van der Waals surface area contributed by atoms with Crippen molar-refractivity contribution in [2.24, 2.45) is 0 Å². The van der Waals surface area contributed by atoms with Crippen LogP contribution in [0.3, 0.4) is 0 Å². The van der Waals surface area contributed by atoms with E-state index in [4.69, 9.17) is 18.9 Å². The van der Waals surface area contributed by atoms with Gasteiger partial charge < -0.3 is 65.1 Å². The Morgan fingerprint density at radius 1 is 0.480 bits per heavy atom. The third kappa shape index (κ3) is 32.4. The summed E-state index contributed by atoms with van der Waals surface area (Å²) in [4.78, 5) is 13.2. The number of unbranched alkanes of at least 4 members (excludes halogenated alkanes) is 26. The predicted molar refractivity (Wildman–Crippen MR) is 300 cm³/mol. The largest absolute Gasteiger partial charge is 0.394 e. The quantitative estimate of drug-likeness (QED) is 0.0204. The number of nitrogens with one attached hydrogen (secondary N) is 1. The van der Waals surface area contributed by atoms with E-state index in [1.807, 2.05) is 6.08 Å². The Hall–Kier alpha value is -2.31. The summed E-state index contributed by atoms with van der Waals surface area (Å²) in [7, 11) is 0. The van der Waals surface area contributed by atoms with Crippen LogP contribution in [0, 0.1) is 0 Å². The van der Waals surface area contributed by atoms with Gasteiger partial charge in [0.1, 0.15) is 48.8 Å². The van der Waals surface area contributed by atoms with Crippen molar-refractivity contribution in [3.05, 3.63) is 60.8 Å². The Kier molecular flexibility index (Phi) is 42.7. The second-order valence-electron chi connectivity index (χ2n) is 21.1. The number of carbonyl (C=O) groups excluding carboxylic acids is 1. The van der Waals surface area contributed by atoms with Gasteiger partial charge in [-0.3, -0.25) is 4.79 Å². The fourth-order valence-electron chi connectivity index (χ4n) is 9.53. The van der Waals surface area contributed by atoms with Gasteiger partial charge in [0.2, 0.25) is 5.91 Å². The van der Waals surface area contributed by atoms with E-state index in [1.54, 1.807) is 6.08 Å². The molecule has 0 radical (unpaired) electrons. The summed E-state index contributed by atoms with van der Waals surface area (Å²) >= 11 is 0. The van der Waals surface area contributed by atoms with Crippen molar-refractivity contribution < 1.29 is 64.6 Å². The maximum absolute atomic E-state index is 13.2. The molecule has 0 spiro atoms. The van der Waals surface area contributed by atoms with Crippen LogP contribution in [-0.4, -0.2) is 140 Å². The highest BCUT2D eigenvalue weighted by Crippen LogP contribution is 2.30. The summed E-state index contributed by atoms with van der Waals surface area (Å²) < 4.78 is 22.7. The third-order valence-corrected chi connectivity index (χ3v) is 14.4. The van der Waals surface area contributed by atoms with Crippen molar-refractivity contribution in [2.75, 3.05) is 19.8 Å². The molecule has 0 saturated carbocycles. The van der Waals surface area contributed by atoms with E-state index < -0.39 is 86.8 Å². The predicted octanol–water partition coefficient (Wildman–Crippen LogP) is 10.2. The Morgan fingerprint density at radius 3 is 1.40 bits per heavy atom. The Labute approximate surface area is 454 Å². The molecule has 2 fully saturated rings. The van der Waals surface area contributed by atoms with Gasteiger partial charge in [-0.05, 0) is 77.0 Å². The average Bonchev–Trinajstić information content (AvgIpc) is 3.41. The number of ether oxygens (including phenoxy) is 4. The van der Waals surface area contributed by atoms with Crippen LogP contribution < -0.4 is 5.32 Å². The second-order valence-corrected chi connectivity index (χ2v) is 21.1. The van der Waals surface area contributed by atoms with E-state index >= 15 is 0 Å². The first kappa shape index (κ1) is 68.8. The van der Waals surface area contributed by atoms with Gasteiger partial charge in [0, 0.05) is 6.42 Å². The van der Waals surface area contributed by atoms with E-state index in [-0.39, 0.29) is 18.9 Å². The van der Waals surface area contributed by atoms with Crippen LogP contribution in [0.5, 0.6) is 0 Å². The zero-order valence-electron chi connectivity index (χ0n) is 46.8. The first-order chi connectivity index (χ1) is 36.6. The van der Waals surface area contributed by atoms with Crippen LogP contribution in [0.2, 0.25) is 0 Å². The summed E-state index contributed by atoms with van der Waals surface area (Å²) in [5.74, 6) is -0.268. The fraction of sp³-hybridized carbons (Fsp3) is 0.820. The van der Waals surface area contributed by atoms with Gasteiger partial charge in [-0.1, -0.05) is 203 Å². The number of allylic oxidation sites excluding steroid dienone is 9. The summed E-state index contributed by atoms with van der Waals surface area (Å²) in [6, 6.07) is -0.947. The molecule has 0 bridgehead atoms. The van der Waals surface area contributed by atoms with Gasteiger partial charge in [0.25, 0.3) is 0 Å². The highest BCUT2D eigenvalue weighted by Gasteiger charge is 2.51. The number of aliphatic hydroxyl groups is 8. The number of aliphatic hydroxyl groups excluding tert-OH is 8. The molecule has 2 aliphatic rings. The van der Waals surface area contributed by atoms with E-state index in [0.29, 0.717) is 12.8 Å². The lowest BCUT2D eigenvalue weighted by atomic mass is 9.97. The SMILES string of the molecule is CCCCCC/C=C\C/C=C\CCCCCCCC(=O)NC(COC1OC(CO)C(OC2OC(CO)C(O)C(O)C2O)C(O)C1O)C(O)/C=C/CC/C=C/CC/C=C/CCCCCCCCCCCCCCCCC. The average molecular weight is 1060 g/mol. The highest BCUT2D eigenvalue weighted by atomic mass is 16.7. The van der Waals surface area contributed by atoms with Crippen LogP contribution in [0.15, 0.2) is 60.8 Å².